The second kappa shape index (κ2) is 3.69. The zero-order valence-corrected chi connectivity index (χ0v) is 8.56. The molecule has 1 heterocycles. The van der Waals surface area contributed by atoms with Crippen LogP contribution in [0.2, 0.25) is 0 Å². The predicted molar refractivity (Wildman–Crippen MR) is 55.5 cm³/mol. The number of hydrogen-bond acceptors (Lipinski definition) is 3. The van der Waals surface area contributed by atoms with Crippen molar-refractivity contribution in [3.8, 4) is 5.69 Å². The van der Waals surface area contributed by atoms with Crippen molar-refractivity contribution in [2.24, 2.45) is 0 Å². The zero-order valence-electron chi connectivity index (χ0n) is 8.56. The van der Waals surface area contributed by atoms with Gasteiger partial charge in [-0.25, -0.2) is 4.68 Å². The number of aromatic nitrogens is 2. The summed E-state index contributed by atoms with van der Waals surface area (Å²) in [5.74, 6) is -1.23. The lowest BCUT2D eigenvalue weighted by atomic mass is 10.2. The fraction of sp³-hybridized carbons (Fsp3) is 0.0909. The van der Waals surface area contributed by atoms with Gasteiger partial charge in [0.15, 0.2) is 0 Å². The van der Waals surface area contributed by atoms with Gasteiger partial charge in [0.1, 0.15) is 0 Å². The highest BCUT2D eigenvalue weighted by atomic mass is 16.4. The van der Waals surface area contributed by atoms with Crippen LogP contribution in [-0.4, -0.2) is 15.7 Å². The van der Waals surface area contributed by atoms with E-state index in [0.717, 1.165) is 5.69 Å². The summed E-state index contributed by atoms with van der Waals surface area (Å²) < 4.78 is 1.34. The fourth-order valence-electron chi connectivity index (χ4n) is 1.45. The van der Waals surface area contributed by atoms with Gasteiger partial charge in [0.25, 0.3) is 5.56 Å². The van der Waals surface area contributed by atoms with Crippen LogP contribution in [0.4, 0.5) is 0 Å². The van der Waals surface area contributed by atoms with E-state index in [1.807, 2.05) is 0 Å². The number of hydrogen-bond donors (Lipinski definition) is 1. The molecule has 0 atom stereocenters. The fourth-order valence-corrected chi connectivity index (χ4v) is 1.45. The molecule has 0 aliphatic heterocycles. The first-order chi connectivity index (χ1) is 7.58. The quantitative estimate of drug-likeness (QED) is 0.759. The summed E-state index contributed by atoms with van der Waals surface area (Å²) in [6.45, 7) is 1.77. The Morgan fingerprint density at radius 2 is 1.94 bits per heavy atom. The lowest BCUT2D eigenvalue weighted by Crippen LogP contribution is -2.22. The SMILES string of the molecule is Cc1cc(=O)n(-c2ccc(C(=O)[O-])cc2)[nH]1. The Bertz CT molecular complexity index is 578. The third-order valence-corrected chi connectivity index (χ3v) is 2.21. The number of carbonyl (C=O) groups is 1. The van der Waals surface area contributed by atoms with Crippen molar-refractivity contribution < 1.29 is 9.90 Å². The van der Waals surface area contributed by atoms with E-state index < -0.39 is 5.97 Å². The van der Waals surface area contributed by atoms with Gasteiger partial charge in [-0.1, -0.05) is 12.1 Å². The van der Waals surface area contributed by atoms with Gasteiger partial charge in [-0.05, 0) is 24.6 Å². The summed E-state index contributed by atoms with van der Waals surface area (Å²) in [6.07, 6.45) is 0. The Balaban J connectivity index is 2.46. The third kappa shape index (κ3) is 1.75. The van der Waals surface area contributed by atoms with Crippen LogP contribution in [0.5, 0.6) is 0 Å². The van der Waals surface area contributed by atoms with E-state index in [0.29, 0.717) is 5.69 Å². The molecule has 0 unspecified atom stereocenters. The second-order valence-electron chi connectivity index (χ2n) is 3.45. The molecule has 1 N–H and O–H groups in total. The van der Waals surface area contributed by atoms with Crippen LogP contribution >= 0.6 is 0 Å². The molecular formula is C11H9N2O3-. The van der Waals surface area contributed by atoms with Crippen LogP contribution in [0.3, 0.4) is 0 Å². The first-order valence-electron chi connectivity index (χ1n) is 4.68. The van der Waals surface area contributed by atoms with E-state index >= 15 is 0 Å². The molecule has 0 fully saturated rings. The Hall–Kier alpha value is -2.30. The number of nitrogens with one attached hydrogen (secondary N) is 1. The first-order valence-corrected chi connectivity index (χ1v) is 4.68. The maximum atomic E-state index is 11.5. The lowest BCUT2D eigenvalue weighted by molar-refractivity contribution is -0.255. The number of aromatic amines is 1. The molecule has 0 saturated heterocycles. The van der Waals surface area contributed by atoms with Crippen LogP contribution in [0.1, 0.15) is 16.1 Å². The smallest absolute Gasteiger partial charge is 0.271 e. The minimum atomic E-state index is -1.23. The number of nitrogens with zero attached hydrogens (tertiary/aromatic N) is 1. The van der Waals surface area contributed by atoms with Crippen molar-refractivity contribution in [3.05, 3.63) is 51.9 Å². The Morgan fingerprint density at radius 3 is 2.38 bits per heavy atom. The van der Waals surface area contributed by atoms with Crippen molar-refractivity contribution >= 4 is 5.97 Å². The number of aromatic carboxylic acids is 1. The lowest BCUT2D eigenvalue weighted by Gasteiger charge is -2.04. The average Bonchev–Trinajstić information content (AvgIpc) is 2.58. The topological polar surface area (TPSA) is 77.9 Å². The molecule has 0 spiro atoms. The van der Waals surface area contributed by atoms with Gasteiger partial charge in [-0.2, -0.15) is 0 Å². The number of carbonyl (C=O) groups excluding carboxylic acids is 1. The Kier molecular flexibility index (Phi) is 2.36. The standard InChI is InChI=1S/C11H10N2O3/c1-7-6-10(14)13(12-7)9-4-2-8(3-5-9)11(15)16/h2-6,12H,1H3,(H,15,16)/p-1. The molecule has 0 bridgehead atoms. The molecule has 0 aliphatic rings. The highest BCUT2D eigenvalue weighted by Gasteiger charge is 2.02. The van der Waals surface area contributed by atoms with E-state index in [1.54, 1.807) is 19.1 Å². The molecule has 2 rings (SSSR count). The second-order valence-corrected chi connectivity index (χ2v) is 3.45. The molecule has 1 aromatic carbocycles. The number of carboxylic acids is 1. The van der Waals surface area contributed by atoms with Crippen molar-refractivity contribution in [2.45, 2.75) is 6.92 Å². The molecule has 0 aliphatic carbocycles. The van der Waals surface area contributed by atoms with Crippen molar-refractivity contribution in [2.75, 3.05) is 0 Å². The summed E-state index contributed by atoms with van der Waals surface area (Å²) >= 11 is 0. The summed E-state index contributed by atoms with van der Waals surface area (Å²) in [5, 5.41) is 13.4. The van der Waals surface area contributed by atoms with E-state index in [4.69, 9.17) is 0 Å². The summed E-state index contributed by atoms with van der Waals surface area (Å²) in [6, 6.07) is 7.35. The Labute approximate surface area is 90.9 Å². The number of aryl methyl sites for hydroxylation is 1. The normalized spacial score (nSPS) is 10.3. The number of carboxylic acid groups (broad SMARTS) is 1. The largest absolute Gasteiger partial charge is 0.545 e. The molecule has 1 aromatic heterocycles. The maximum absolute atomic E-state index is 11.5. The molecule has 82 valence electrons. The van der Waals surface area contributed by atoms with Gasteiger partial charge in [0, 0.05) is 11.8 Å². The van der Waals surface area contributed by atoms with Gasteiger partial charge in [-0.15, -0.1) is 0 Å². The zero-order chi connectivity index (χ0) is 11.7. The number of rotatable bonds is 2. The van der Waals surface area contributed by atoms with Gasteiger partial charge < -0.3 is 9.90 Å². The monoisotopic (exact) mass is 217 g/mol. The molecule has 5 nitrogen and oxygen atoms in total. The maximum Gasteiger partial charge on any atom is 0.271 e. The summed E-state index contributed by atoms with van der Waals surface area (Å²) in [5.41, 5.74) is 1.23. The minimum Gasteiger partial charge on any atom is -0.545 e. The van der Waals surface area contributed by atoms with Crippen LogP contribution in [0, 0.1) is 6.92 Å². The van der Waals surface area contributed by atoms with Gasteiger partial charge in [0.05, 0.1) is 11.7 Å². The molecule has 16 heavy (non-hydrogen) atoms. The molecular weight excluding hydrogens is 208 g/mol. The van der Waals surface area contributed by atoms with Crippen LogP contribution in [-0.2, 0) is 0 Å². The van der Waals surface area contributed by atoms with E-state index in [2.05, 4.69) is 5.10 Å². The van der Waals surface area contributed by atoms with E-state index in [9.17, 15) is 14.7 Å². The van der Waals surface area contributed by atoms with Crippen LogP contribution < -0.4 is 10.7 Å². The molecule has 2 aromatic rings. The highest BCUT2D eigenvalue weighted by molar-refractivity contribution is 5.85. The molecule has 0 saturated carbocycles. The molecule has 0 radical (unpaired) electrons. The van der Waals surface area contributed by atoms with Crippen LogP contribution in [0.25, 0.3) is 5.69 Å². The van der Waals surface area contributed by atoms with Gasteiger partial charge in [-0.3, -0.25) is 9.89 Å². The van der Waals surface area contributed by atoms with Gasteiger partial charge in [0.2, 0.25) is 0 Å². The van der Waals surface area contributed by atoms with Crippen molar-refractivity contribution in [1.82, 2.24) is 9.78 Å². The average molecular weight is 217 g/mol. The Morgan fingerprint density at radius 1 is 1.31 bits per heavy atom. The first kappa shape index (κ1) is 10.2. The minimum absolute atomic E-state index is 0.0834. The number of H-pyrrole nitrogens is 1. The third-order valence-electron chi connectivity index (χ3n) is 2.21. The predicted octanol–water partition coefficient (Wildman–Crippen LogP) is -0.162. The van der Waals surface area contributed by atoms with Crippen molar-refractivity contribution in [1.29, 1.82) is 0 Å². The molecule has 5 heteroatoms. The van der Waals surface area contributed by atoms with E-state index in [1.165, 1.54) is 22.9 Å². The van der Waals surface area contributed by atoms with Gasteiger partial charge >= 0.3 is 0 Å². The summed E-state index contributed by atoms with van der Waals surface area (Å²) in [4.78, 5) is 22.0. The van der Waals surface area contributed by atoms with Crippen molar-refractivity contribution in [3.63, 3.8) is 0 Å². The van der Waals surface area contributed by atoms with Crippen LogP contribution in [0.15, 0.2) is 35.1 Å². The highest BCUT2D eigenvalue weighted by Crippen LogP contribution is 2.06. The molecule has 0 amide bonds. The number of benzene rings is 1. The van der Waals surface area contributed by atoms with E-state index in [-0.39, 0.29) is 11.1 Å². The summed E-state index contributed by atoms with van der Waals surface area (Å²) in [7, 11) is 0.